The molecule has 0 spiro atoms. The lowest BCUT2D eigenvalue weighted by Crippen LogP contribution is -2.28. The lowest BCUT2D eigenvalue weighted by molar-refractivity contribution is 0.521. The SMILES string of the molecule is CCc1ccsc1C(CCc1ccccc1)NN. The van der Waals surface area contributed by atoms with Crippen molar-refractivity contribution in [3.63, 3.8) is 0 Å². The van der Waals surface area contributed by atoms with Gasteiger partial charge in [-0.05, 0) is 41.8 Å². The summed E-state index contributed by atoms with van der Waals surface area (Å²) in [4.78, 5) is 1.39. The van der Waals surface area contributed by atoms with Gasteiger partial charge in [-0.3, -0.25) is 11.3 Å². The van der Waals surface area contributed by atoms with Crippen LogP contribution in [0.3, 0.4) is 0 Å². The van der Waals surface area contributed by atoms with E-state index in [4.69, 9.17) is 5.84 Å². The first kappa shape index (κ1) is 13.3. The molecule has 18 heavy (non-hydrogen) atoms. The van der Waals surface area contributed by atoms with Gasteiger partial charge in [0.25, 0.3) is 0 Å². The second-order valence-electron chi connectivity index (χ2n) is 4.41. The second kappa shape index (κ2) is 6.69. The van der Waals surface area contributed by atoms with Gasteiger partial charge in [-0.15, -0.1) is 11.3 Å². The highest BCUT2D eigenvalue weighted by atomic mass is 32.1. The molecular weight excluding hydrogens is 240 g/mol. The van der Waals surface area contributed by atoms with E-state index < -0.39 is 0 Å². The fourth-order valence-corrected chi connectivity index (χ4v) is 3.28. The van der Waals surface area contributed by atoms with Gasteiger partial charge < -0.3 is 0 Å². The van der Waals surface area contributed by atoms with Crippen molar-refractivity contribution < 1.29 is 0 Å². The van der Waals surface area contributed by atoms with Crippen LogP contribution in [0, 0.1) is 0 Å². The summed E-state index contributed by atoms with van der Waals surface area (Å²) in [6.07, 6.45) is 3.16. The minimum atomic E-state index is 0.264. The van der Waals surface area contributed by atoms with Crippen LogP contribution in [0.4, 0.5) is 0 Å². The number of aryl methyl sites for hydroxylation is 2. The van der Waals surface area contributed by atoms with Gasteiger partial charge in [0.2, 0.25) is 0 Å². The Hall–Kier alpha value is -1.16. The van der Waals surface area contributed by atoms with Crippen molar-refractivity contribution in [3.05, 3.63) is 57.8 Å². The molecule has 1 aromatic carbocycles. The monoisotopic (exact) mass is 260 g/mol. The molecular formula is C15H20N2S. The predicted molar refractivity (Wildman–Crippen MR) is 78.5 cm³/mol. The normalized spacial score (nSPS) is 12.6. The molecule has 0 bridgehead atoms. The van der Waals surface area contributed by atoms with E-state index in [0.717, 1.165) is 19.3 Å². The number of hydrogen-bond acceptors (Lipinski definition) is 3. The molecule has 0 radical (unpaired) electrons. The van der Waals surface area contributed by atoms with Gasteiger partial charge in [0.05, 0.1) is 6.04 Å². The molecule has 0 aliphatic carbocycles. The molecule has 0 saturated carbocycles. The summed E-state index contributed by atoms with van der Waals surface area (Å²) in [7, 11) is 0. The van der Waals surface area contributed by atoms with Crippen LogP contribution in [0.15, 0.2) is 41.8 Å². The molecule has 0 aliphatic rings. The zero-order chi connectivity index (χ0) is 12.8. The van der Waals surface area contributed by atoms with Gasteiger partial charge in [-0.1, -0.05) is 37.3 Å². The third-order valence-corrected chi connectivity index (χ3v) is 4.32. The molecule has 0 amide bonds. The molecule has 2 rings (SSSR count). The number of rotatable bonds is 6. The highest BCUT2D eigenvalue weighted by Gasteiger charge is 2.14. The second-order valence-corrected chi connectivity index (χ2v) is 5.35. The summed E-state index contributed by atoms with van der Waals surface area (Å²) in [5, 5.41) is 2.15. The zero-order valence-corrected chi connectivity index (χ0v) is 11.5. The average Bonchev–Trinajstić information content (AvgIpc) is 2.89. The quantitative estimate of drug-likeness (QED) is 0.616. The van der Waals surface area contributed by atoms with E-state index in [-0.39, 0.29) is 6.04 Å². The number of hydrogen-bond donors (Lipinski definition) is 2. The third-order valence-electron chi connectivity index (χ3n) is 3.24. The number of nitrogens with two attached hydrogens (primary N) is 1. The Morgan fingerprint density at radius 2 is 2.00 bits per heavy atom. The largest absolute Gasteiger partial charge is 0.271 e. The Morgan fingerprint density at radius 1 is 1.22 bits per heavy atom. The maximum atomic E-state index is 5.71. The molecule has 3 heteroatoms. The molecule has 3 N–H and O–H groups in total. The Morgan fingerprint density at radius 3 is 2.67 bits per heavy atom. The molecule has 1 aromatic heterocycles. The summed E-state index contributed by atoms with van der Waals surface area (Å²) in [6, 6.07) is 13.0. The first-order valence-electron chi connectivity index (χ1n) is 6.41. The lowest BCUT2D eigenvalue weighted by Gasteiger charge is -2.16. The Bertz CT molecular complexity index is 464. The van der Waals surface area contributed by atoms with Crippen LogP contribution in [0.5, 0.6) is 0 Å². The molecule has 1 unspecified atom stereocenters. The molecule has 0 saturated heterocycles. The summed E-state index contributed by atoms with van der Waals surface area (Å²) >= 11 is 1.80. The molecule has 96 valence electrons. The van der Waals surface area contributed by atoms with Crippen LogP contribution >= 0.6 is 11.3 Å². The van der Waals surface area contributed by atoms with Gasteiger partial charge in [-0.2, -0.15) is 0 Å². The Kier molecular flexibility index (Phi) is 4.93. The summed E-state index contributed by atoms with van der Waals surface area (Å²) in [5.41, 5.74) is 5.74. The molecule has 2 nitrogen and oxygen atoms in total. The summed E-state index contributed by atoms with van der Waals surface area (Å²) in [6.45, 7) is 2.19. The number of hydrazine groups is 1. The zero-order valence-electron chi connectivity index (χ0n) is 10.7. The van der Waals surface area contributed by atoms with Gasteiger partial charge in [0, 0.05) is 4.88 Å². The van der Waals surface area contributed by atoms with Gasteiger partial charge in [0.15, 0.2) is 0 Å². The standard InChI is InChI=1S/C15H20N2S/c1-2-13-10-11-18-15(13)14(17-16)9-8-12-6-4-3-5-7-12/h3-7,10-11,14,17H,2,8-9,16H2,1H3. The highest BCUT2D eigenvalue weighted by molar-refractivity contribution is 7.10. The first-order valence-corrected chi connectivity index (χ1v) is 7.29. The summed E-state index contributed by atoms with van der Waals surface area (Å²) < 4.78 is 0. The maximum absolute atomic E-state index is 5.71. The fraction of sp³-hybridized carbons (Fsp3) is 0.333. The maximum Gasteiger partial charge on any atom is 0.0559 e. The van der Waals surface area contributed by atoms with Gasteiger partial charge in [-0.25, -0.2) is 0 Å². The van der Waals surface area contributed by atoms with E-state index in [1.807, 2.05) is 0 Å². The number of nitrogens with one attached hydrogen (secondary N) is 1. The lowest BCUT2D eigenvalue weighted by atomic mass is 10.0. The number of thiophene rings is 1. The van der Waals surface area contributed by atoms with Crippen LogP contribution in [0.1, 0.15) is 35.4 Å². The molecule has 0 fully saturated rings. The van der Waals surface area contributed by atoms with E-state index in [9.17, 15) is 0 Å². The van der Waals surface area contributed by atoms with Gasteiger partial charge >= 0.3 is 0 Å². The Balaban J connectivity index is 2.02. The van der Waals surface area contributed by atoms with Crippen molar-refractivity contribution in [2.24, 2.45) is 5.84 Å². The first-order chi connectivity index (χ1) is 8.85. The van der Waals surface area contributed by atoms with E-state index in [1.165, 1.54) is 16.0 Å². The van der Waals surface area contributed by atoms with Crippen molar-refractivity contribution in [2.45, 2.75) is 32.2 Å². The van der Waals surface area contributed by atoms with Crippen molar-refractivity contribution >= 4 is 11.3 Å². The summed E-state index contributed by atoms with van der Waals surface area (Å²) in [5.74, 6) is 5.71. The smallest absolute Gasteiger partial charge is 0.0559 e. The van der Waals surface area contributed by atoms with Crippen molar-refractivity contribution in [3.8, 4) is 0 Å². The van der Waals surface area contributed by atoms with Crippen LogP contribution in [-0.4, -0.2) is 0 Å². The Labute approximate surface area is 113 Å². The van der Waals surface area contributed by atoms with Crippen molar-refractivity contribution in [1.29, 1.82) is 0 Å². The van der Waals surface area contributed by atoms with Gasteiger partial charge in [0.1, 0.15) is 0 Å². The number of benzene rings is 1. The minimum absolute atomic E-state index is 0.264. The van der Waals surface area contributed by atoms with Crippen molar-refractivity contribution in [2.75, 3.05) is 0 Å². The topological polar surface area (TPSA) is 38.0 Å². The van der Waals surface area contributed by atoms with E-state index in [0.29, 0.717) is 0 Å². The van der Waals surface area contributed by atoms with Crippen LogP contribution in [0.25, 0.3) is 0 Å². The highest BCUT2D eigenvalue weighted by Crippen LogP contribution is 2.27. The predicted octanol–water partition coefficient (Wildman–Crippen LogP) is 3.45. The third kappa shape index (κ3) is 3.19. The fourth-order valence-electron chi connectivity index (χ4n) is 2.19. The van der Waals surface area contributed by atoms with Crippen LogP contribution in [0.2, 0.25) is 0 Å². The average molecular weight is 260 g/mol. The van der Waals surface area contributed by atoms with Crippen LogP contribution < -0.4 is 11.3 Å². The van der Waals surface area contributed by atoms with E-state index in [2.05, 4.69) is 54.1 Å². The minimum Gasteiger partial charge on any atom is -0.271 e. The molecule has 1 atom stereocenters. The molecule has 1 heterocycles. The van der Waals surface area contributed by atoms with E-state index >= 15 is 0 Å². The molecule has 0 aliphatic heterocycles. The van der Waals surface area contributed by atoms with Crippen LogP contribution in [-0.2, 0) is 12.8 Å². The molecule has 2 aromatic rings. The van der Waals surface area contributed by atoms with Crippen molar-refractivity contribution in [1.82, 2.24) is 5.43 Å². The van der Waals surface area contributed by atoms with E-state index in [1.54, 1.807) is 11.3 Å².